The Hall–Kier alpha value is -2.46. The van der Waals surface area contributed by atoms with E-state index < -0.39 is 10.7 Å². The fraction of sp³-hybridized carbons (Fsp3) is 0. The molecule has 0 heterocycles. The van der Waals surface area contributed by atoms with E-state index in [0.29, 0.717) is 11.4 Å². The lowest BCUT2D eigenvalue weighted by molar-refractivity contribution is -0.384. The van der Waals surface area contributed by atoms with E-state index in [1.54, 1.807) is 0 Å². The molecule has 0 aliphatic heterocycles. The lowest BCUT2D eigenvalue weighted by atomic mass is 10.1. The van der Waals surface area contributed by atoms with E-state index in [0.717, 1.165) is 0 Å². The predicted octanol–water partition coefficient (Wildman–Crippen LogP) is 4.11. The van der Waals surface area contributed by atoms with Crippen molar-refractivity contribution in [2.75, 3.05) is 5.32 Å². The van der Waals surface area contributed by atoms with Crippen LogP contribution >= 0.6 is 15.9 Å². The Balaban J connectivity index is 2.36. The van der Waals surface area contributed by atoms with Gasteiger partial charge in [-0.3, -0.25) is 10.1 Å². The van der Waals surface area contributed by atoms with Gasteiger partial charge in [0.2, 0.25) is 0 Å². The fourth-order valence-corrected chi connectivity index (χ4v) is 1.96. The van der Waals surface area contributed by atoms with Gasteiger partial charge in [-0.15, -0.1) is 0 Å². The first kappa shape index (κ1) is 14.0. The van der Waals surface area contributed by atoms with Crippen molar-refractivity contribution in [3.05, 3.63) is 62.4 Å². The molecule has 0 radical (unpaired) electrons. The second-order valence-electron chi connectivity index (χ2n) is 3.85. The van der Waals surface area contributed by atoms with Gasteiger partial charge in [0, 0.05) is 17.8 Å². The molecule has 0 bridgehead atoms. The molecule has 2 aromatic carbocycles. The minimum Gasteiger partial charge on any atom is -0.354 e. The molecule has 0 spiro atoms. The predicted molar refractivity (Wildman–Crippen MR) is 75.2 cm³/mol. The number of nitrogens with zero attached hydrogens (tertiary/aromatic N) is 2. The first-order valence-corrected chi connectivity index (χ1v) is 6.21. The summed E-state index contributed by atoms with van der Waals surface area (Å²) in [5.74, 6) is -0.403. The molecule has 0 saturated carbocycles. The molecule has 2 rings (SSSR count). The van der Waals surface area contributed by atoms with Crippen LogP contribution in [0.1, 0.15) is 5.56 Å². The van der Waals surface area contributed by atoms with Gasteiger partial charge in [0.1, 0.15) is 11.9 Å². The molecule has 0 aromatic heterocycles. The summed E-state index contributed by atoms with van der Waals surface area (Å²) in [6.07, 6.45) is 0. The van der Waals surface area contributed by atoms with Crippen molar-refractivity contribution in [1.82, 2.24) is 0 Å². The van der Waals surface area contributed by atoms with Gasteiger partial charge in [-0.05, 0) is 40.2 Å². The first-order chi connectivity index (χ1) is 9.51. The summed E-state index contributed by atoms with van der Waals surface area (Å²) < 4.78 is 13.4. The molecule has 1 N–H and O–H groups in total. The number of anilines is 2. The monoisotopic (exact) mass is 335 g/mol. The zero-order valence-corrected chi connectivity index (χ0v) is 11.5. The van der Waals surface area contributed by atoms with Crippen molar-refractivity contribution < 1.29 is 9.31 Å². The summed E-state index contributed by atoms with van der Waals surface area (Å²) in [5, 5.41) is 22.6. The highest BCUT2D eigenvalue weighted by atomic mass is 79.9. The van der Waals surface area contributed by atoms with E-state index in [4.69, 9.17) is 5.26 Å². The SMILES string of the molecule is N#Cc1cc([N+](=O)[O-])ccc1Nc1ccc(F)c(Br)c1. The van der Waals surface area contributed by atoms with Crippen LogP contribution in [0.2, 0.25) is 0 Å². The average molecular weight is 336 g/mol. The number of non-ortho nitro benzene ring substituents is 1. The molecule has 0 saturated heterocycles. The van der Waals surface area contributed by atoms with E-state index in [2.05, 4.69) is 21.2 Å². The summed E-state index contributed by atoms with van der Waals surface area (Å²) in [7, 11) is 0. The molecular formula is C13H7BrFN3O2. The maximum absolute atomic E-state index is 13.1. The van der Waals surface area contributed by atoms with Crippen LogP contribution in [0.4, 0.5) is 21.5 Å². The zero-order valence-electron chi connectivity index (χ0n) is 9.93. The molecule has 0 aliphatic carbocycles. The van der Waals surface area contributed by atoms with E-state index in [9.17, 15) is 14.5 Å². The Morgan fingerprint density at radius 2 is 2.05 bits per heavy atom. The van der Waals surface area contributed by atoms with Crippen molar-refractivity contribution in [3.8, 4) is 6.07 Å². The van der Waals surface area contributed by atoms with Gasteiger partial charge in [0.15, 0.2) is 0 Å². The van der Waals surface area contributed by atoms with Crippen LogP contribution in [0, 0.1) is 27.3 Å². The van der Waals surface area contributed by atoms with Crippen LogP contribution in [0.5, 0.6) is 0 Å². The fourth-order valence-electron chi connectivity index (χ4n) is 1.58. The Morgan fingerprint density at radius 3 is 2.65 bits per heavy atom. The van der Waals surface area contributed by atoms with Crippen LogP contribution in [0.15, 0.2) is 40.9 Å². The highest BCUT2D eigenvalue weighted by Crippen LogP contribution is 2.27. The van der Waals surface area contributed by atoms with Gasteiger partial charge in [-0.2, -0.15) is 5.26 Å². The van der Waals surface area contributed by atoms with Gasteiger partial charge in [0.05, 0.1) is 20.6 Å². The highest BCUT2D eigenvalue weighted by molar-refractivity contribution is 9.10. The van der Waals surface area contributed by atoms with Gasteiger partial charge >= 0.3 is 0 Å². The van der Waals surface area contributed by atoms with Crippen LogP contribution in [-0.2, 0) is 0 Å². The number of benzene rings is 2. The summed E-state index contributed by atoms with van der Waals surface area (Å²) >= 11 is 3.06. The molecule has 7 heteroatoms. The molecule has 0 fully saturated rings. The normalized spacial score (nSPS) is 9.85. The number of halogens is 2. The van der Waals surface area contributed by atoms with Crippen molar-refractivity contribution >= 4 is 33.0 Å². The van der Waals surface area contributed by atoms with Crippen LogP contribution in [0.25, 0.3) is 0 Å². The van der Waals surface area contributed by atoms with Crippen molar-refractivity contribution in [1.29, 1.82) is 5.26 Å². The zero-order chi connectivity index (χ0) is 14.7. The minimum absolute atomic E-state index is 0.139. The average Bonchev–Trinajstić information content (AvgIpc) is 2.43. The van der Waals surface area contributed by atoms with Crippen molar-refractivity contribution in [2.45, 2.75) is 0 Å². The number of nitro groups is 1. The van der Waals surface area contributed by atoms with Crippen LogP contribution in [-0.4, -0.2) is 4.92 Å². The van der Waals surface area contributed by atoms with E-state index in [1.165, 1.54) is 36.4 Å². The standard InChI is InChI=1S/C13H7BrFN3O2/c14-11-6-9(1-3-12(11)15)17-13-4-2-10(18(19)20)5-8(13)7-16/h1-6,17H. The molecule has 5 nitrogen and oxygen atoms in total. The van der Waals surface area contributed by atoms with E-state index in [-0.39, 0.29) is 15.7 Å². The summed E-state index contributed by atoms with van der Waals surface area (Å²) in [6.45, 7) is 0. The van der Waals surface area contributed by atoms with Gasteiger partial charge in [0.25, 0.3) is 5.69 Å². The number of hydrogen-bond acceptors (Lipinski definition) is 4. The van der Waals surface area contributed by atoms with Crippen LogP contribution < -0.4 is 5.32 Å². The maximum atomic E-state index is 13.1. The quantitative estimate of drug-likeness (QED) is 0.676. The first-order valence-electron chi connectivity index (χ1n) is 5.42. The smallest absolute Gasteiger partial charge is 0.270 e. The van der Waals surface area contributed by atoms with Crippen LogP contribution in [0.3, 0.4) is 0 Å². The van der Waals surface area contributed by atoms with E-state index in [1.807, 2.05) is 6.07 Å². The van der Waals surface area contributed by atoms with Gasteiger partial charge in [-0.25, -0.2) is 4.39 Å². The Morgan fingerprint density at radius 1 is 1.30 bits per heavy atom. The molecule has 100 valence electrons. The second-order valence-corrected chi connectivity index (χ2v) is 4.71. The number of nitriles is 1. The Kier molecular flexibility index (Phi) is 3.96. The lowest BCUT2D eigenvalue weighted by Gasteiger charge is -2.08. The number of nitrogens with one attached hydrogen (secondary N) is 1. The summed E-state index contributed by atoms with van der Waals surface area (Å²) in [5.41, 5.74) is 0.951. The Bertz CT molecular complexity index is 728. The van der Waals surface area contributed by atoms with Crippen molar-refractivity contribution in [2.24, 2.45) is 0 Å². The molecule has 20 heavy (non-hydrogen) atoms. The topological polar surface area (TPSA) is 79.0 Å². The van der Waals surface area contributed by atoms with Gasteiger partial charge < -0.3 is 5.32 Å². The minimum atomic E-state index is -0.570. The third-order valence-electron chi connectivity index (χ3n) is 2.53. The molecule has 0 atom stereocenters. The summed E-state index contributed by atoms with van der Waals surface area (Å²) in [6, 6.07) is 10.1. The lowest BCUT2D eigenvalue weighted by Crippen LogP contribution is -1.96. The van der Waals surface area contributed by atoms with Gasteiger partial charge in [-0.1, -0.05) is 0 Å². The second kappa shape index (κ2) is 5.67. The largest absolute Gasteiger partial charge is 0.354 e. The maximum Gasteiger partial charge on any atom is 0.270 e. The molecule has 0 unspecified atom stereocenters. The number of nitro benzene ring substituents is 1. The Labute approximate surface area is 121 Å². The summed E-state index contributed by atoms with van der Waals surface area (Å²) in [4.78, 5) is 10.1. The molecule has 2 aromatic rings. The number of hydrogen-bond donors (Lipinski definition) is 1. The molecule has 0 aliphatic rings. The number of rotatable bonds is 3. The van der Waals surface area contributed by atoms with Crippen molar-refractivity contribution in [3.63, 3.8) is 0 Å². The molecule has 0 amide bonds. The van der Waals surface area contributed by atoms with E-state index >= 15 is 0 Å². The highest BCUT2D eigenvalue weighted by Gasteiger charge is 2.11. The third kappa shape index (κ3) is 2.92. The third-order valence-corrected chi connectivity index (χ3v) is 3.14. The molecular weight excluding hydrogens is 329 g/mol.